The van der Waals surface area contributed by atoms with E-state index < -0.39 is 38.2 Å². The third-order valence-corrected chi connectivity index (χ3v) is 8.73. The second kappa shape index (κ2) is 11.8. The zero-order valence-electron chi connectivity index (χ0n) is 23.9. The zero-order chi connectivity index (χ0) is 31.7. The van der Waals surface area contributed by atoms with Gasteiger partial charge < -0.3 is 10.6 Å². The van der Waals surface area contributed by atoms with E-state index in [1.165, 1.54) is 17.0 Å². The Bertz CT molecular complexity index is 2170. The minimum atomic E-state index is -3.29. The predicted octanol–water partition coefficient (Wildman–Crippen LogP) is 6.23. The molecule has 3 aromatic carbocycles. The Labute approximate surface area is 256 Å². The van der Waals surface area contributed by atoms with Gasteiger partial charge in [0.05, 0.1) is 22.0 Å². The van der Waals surface area contributed by atoms with Crippen molar-refractivity contribution in [2.45, 2.75) is 12.2 Å². The Kier molecular flexibility index (Phi) is 7.77. The maximum atomic E-state index is 14.2. The first kappa shape index (κ1) is 29.5. The predicted molar refractivity (Wildman–Crippen MR) is 167 cm³/mol. The molecule has 10 nitrogen and oxygen atoms in total. The Morgan fingerprint density at radius 3 is 2.40 bits per heavy atom. The molecule has 0 radical (unpaired) electrons. The highest BCUT2D eigenvalue weighted by Crippen LogP contribution is 2.35. The second-order valence-corrected chi connectivity index (χ2v) is 12.6. The molecule has 226 valence electrons. The van der Waals surface area contributed by atoms with Crippen LogP contribution in [0.5, 0.6) is 0 Å². The van der Waals surface area contributed by atoms with Gasteiger partial charge in [-0.25, -0.2) is 27.2 Å². The van der Waals surface area contributed by atoms with Crippen LogP contribution in [-0.4, -0.2) is 45.4 Å². The number of benzene rings is 3. The van der Waals surface area contributed by atoms with Gasteiger partial charge >= 0.3 is 0 Å². The van der Waals surface area contributed by atoms with Crippen molar-refractivity contribution in [1.82, 2.24) is 24.8 Å². The van der Waals surface area contributed by atoms with E-state index in [9.17, 15) is 22.0 Å². The number of sulfone groups is 1. The molecule has 6 aromatic rings. The SMILES string of the molecule is CC(c1cccc(Nc2nccc(-c3c(-c4cccc(NC(=O)c5c(F)cccc5F)c4)nn4ncccc34)n2)c1)S(C)(=O)=O. The summed E-state index contributed by atoms with van der Waals surface area (Å²) >= 11 is 0. The van der Waals surface area contributed by atoms with Crippen LogP contribution < -0.4 is 10.6 Å². The van der Waals surface area contributed by atoms with Gasteiger partial charge in [0.15, 0.2) is 9.84 Å². The lowest BCUT2D eigenvalue weighted by atomic mass is 10.0. The summed E-state index contributed by atoms with van der Waals surface area (Å²) in [7, 11) is -3.29. The lowest BCUT2D eigenvalue weighted by molar-refractivity contribution is 0.101. The molecule has 0 spiro atoms. The number of fused-ring (bicyclic) bond motifs is 1. The summed E-state index contributed by atoms with van der Waals surface area (Å²) < 4.78 is 54.1. The highest BCUT2D eigenvalue weighted by molar-refractivity contribution is 7.90. The number of nitrogens with one attached hydrogen (secondary N) is 2. The summed E-state index contributed by atoms with van der Waals surface area (Å²) in [6, 6.07) is 22.2. The van der Waals surface area contributed by atoms with Crippen LogP contribution in [0.15, 0.2) is 97.3 Å². The summed E-state index contributed by atoms with van der Waals surface area (Å²) in [5.41, 5.74) is 3.68. The van der Waals surface area contributed by atoms with E-state index in [-0.39, 0.29) is 5.95 Å². The normalized spacial score (nSPS) is 12.2. The van der Waals surface area contributed by atoms with E-state index in [1.807, 2.05) is 6.07 Å². The van der Waals surface area contributed by atoms with Crippen molar-refractivity contribution in [3.63, 3.8) is 0 Å². The van der Waals surface area contributed by atoms with Crippen LogP contribution in [0.2, 0.25) is 0 Å². The number of amides is 1. The van der Waals surface area contributed by atoms with E-state index in [0.717, 1.165) is 12.1 Å². The third-order valence-electron chi connectivity index (χ3n) is 7.17. The van der Waals surface area contributed by atoms with Crippen LogP contribution in [-0.2, 0) is 9.84 Å². The summed E-state index contributed by atoms with van der Waals surface area (Å²) in [6.07, 6.45) is 4.36. The van der Waals surface area contributed by atoms with E-state index in [4.69, 9.17) is 4.98 Å². The molecule has 6 rings (SSSR count). The monoisotopic (exact) mass is 625 g/mol. The van der Waals surface area contributed by atoms with Crippen molar-refractivity contribution in [1.29, 1.82) is 0 Å². The first-order chi connectivity index (χ1) is 21.6. The molecular formula is C32H25F2N7O3S. The van der Waals surface area contributed by atoms with Crippen LogP contribution in [0.1, 0.15) is 28.1 Å². The lowest BCUT2D eigenvalue weighted by Crippen LogP contribution is -2.15. The Morgan fingerprint density at radius 2 is 1.62 bits per heavy atom. The van der Waals surface area contributed by atoms with E-state index >= 15 is 0 Å². The molecule has 0 fully saturated rings. The van der Waals surface area contributed by atoms with Gasteiger partial charge in [0.25, 0.3) is 5.91 Å². The summed E-state index contributed by atoms with van der Waals surface area (Å²) in [5, 5.41) is 14.0. The molecular weight excluding hydrogens is 600 g/mol. The van der Waals surface area contributed by atoms with Crippen LogP contribution in [0.3, 0.4) is 0 Å². The van der Waals surface area contributed by atoms with Gasteiger partial charge in [-0.1, -0.05) is 30.3 Å². The molecule has 0 saturated heterocycles. The Morgan fingerprint density at radius 1 is 0.889 bits per heavy atom. The second-order valence-electron chi connectivity index (χ2n) is 10.2. The van der Waals surface area contributed by atoms with Crippen molar-refractivity contribution in [2.75, 3.05) is 16.9 Å². The molecule has 0 aliphatic rings. The van der Waals surface area contributed by atoms with Gasteiger partial charge in [0.2, 0.25) is 5.95 Å². The zero-order valence-corrected chi connectivity index (χ0v) is 24.8. The number of nitrogens with zero attached hydrogens (tertiary/aromatic N) is 5. The number of carbonyl (C=O) groups is 1. The van der Waals surface area contributed by atoms with Gasteiger partial charge in [-0.05, 0) is 67.1 Å². The summed E-state index contributed by atoms with van der Waals surface area (Å²) in [6.45, 7) is 1.63. The lowest BCUT2D eigenvalue weighted by Gasteiger charge is -2.12. The minimum Gasteiger partial charge on any atom is -0.324 e. The van der Waals surface area contributed by atoms with E-state index in [2.05, 4.69) is 25.8 Å². The average Bonchev–Trinajstić information content (AvgIpc) is 3.40. The summed E-state index contributed by atoms with van der Waals surface area (Å²) in [4.78, 5) is 21.8. The first-order valence-corrected chi connectivity index (χ1v) is 15.6. The molecule has 0 aliphatic heterocycles. The molecule has 1 amide bonds. The smallest absolute Gasteiger partial charge is 0.261 e. The maximum absolute atomic E-state index is 14.2. The van der Waals surface area contributed by atoms with Crippen molar-refractivity contribution < 1.29 is 22.0 Å². The van der Waals surface area contributed by atoms with Gasteiger partial charge in [-0.15, -0.1) is 5.10 Å². The number of hydrogen-bond acceptors (Lipinski definition) is 8. The van der Waals surface area contributed by atoms with Crippen molar-refractivity contribution in [2.24, 2.45) is 0 Å². The molecule has 13 heteroatoms. The molecule has 0 aliphatic carbocycles. The molecule has 0 saturated carbocycles. The quantitative estimate of drug-likeness (QED) is 0.204. The highest BCUT2D eigenvalue weighted by atomic mass is 32.2. The van der Waals surface area contributed by atoms with Crippen molar-refractivity contribution >= 4 is 38.6 Å². The number of rotatable bonds is 8. The molecule has 1 atom stereocenters. The van der Waals surface area contributed by atoms with Gasteiger partial charge in [-0.3, -0.25) is 4.79 Å². The van der Waals surface area contributed by atoms with Crippen molar-refractivity contribution in [3.8, 4) is 22.5 Å². The Hall–Kier alpha value is -5.56. The topological polar surface area (TPSA) is 131 Å². The number of carbonyl (C=O) groups excluding carboxylic acids is 1. The maximum Gasteiger partial charge on any atom is 0.261 e. The summed E-state index contributed by atoms with van der Waals surface area (Å²) in [5.74, 6) is -2.61. The Balaban J connectivity index is 1.36. The molecule has 45 heavy (non-hydrogen) atoms. The number of anilines is 3. The molecule has 2 N–H and O–H groups in total. The molecule has 3 heterocycles. The van der Waals surface area contributed by atoms with Crippen LogP contribution >= 0.6 is 0 Å². The first-order valence-electron chi connectivity index (χ1n) is 13.7. The standard InChI is InChI=1S/C32H25F2N7O3S/c1-19(45(2,43)44)20-7-3-10-23(17-20)38-32-35-16-14-26(39-32)29-27-13-6-15-36-41(27)40-30(29)21-8-4-9-22(18-21)37-31(42)28-24(33)11-5-12-25(28)34/h3-19H,1-2H3,(H,37,42)(H,35,38,39). The molecule has 1 unspecified atom stereocenters. The van der Waals surface area contributed by atoms with Crippen LogP contribution in [0, 0.1) is 11.6 Å². The van der Waals surface area contributed by atoms with E-state index in [0.29, 0.717) is 45.0 Å². The van der Waals surface area contributed by atoms with E-state index in [1.54, 1.807) is 80.0 Å². The third kappa shape index (κ3) is 6.10. The fourth-order valence-corrected chi connectivity index (χ4v) is 5.45. The fraction of sp³-hybridized carbons (Fsp3) is 0.0938. The average molecular weight is 626 g/mol. The largest absolute Gasteiger partial charge is 0.324 e. The van der Waals surface area contributed by atoms with Crippen LogP contribution in [0.4, 0.5) is 26.1 Å². The van der Waals surface area contributed by atoms with Gasteiger partial charge in [-0.2, -0.15) is 9.73 Å². The van der Waals surface area contributed by atoms with Crippen LogP contribution in [0.25, 0.3) is 28.0 Å². The van der Waals surface area contributed by atoms with Crippen molar-refractivity contribution in [3.05, 3.63) is 120 Å². The number of aromatic nitrogens is 5. The van der Waals surface area contributed by atoms with Gasteiger partial charge in [0.1, 0.15) is 22.9 Å². The number of halogens is 2. The highest BCUT2D eigenvalue weighted by Gasteiger charge is 2.21. The molecule has 3 aromatic heterocycles. The minimum absolute atomic E-state index is 0.263. The fourth-order valence-electron chi connectivity index (χ4n) is 4.80. The van der Waals surface area contributed by atoms with Gasteiger partial charge in [0, 0.05) is 35.6 Å². The number of hydrogen-bond donors (Lipinski definition) is 2. The molecule has 0 bridgehead atoms.